The highest BCUT2D eigenvalue weighted by Crippen LogP contribution is 2.20. The van der Waals surface area contributed by atoms with Crippen LogP contribution in [0.4, 0.5) is 11.4 Å². The fourth-order valence-electron chi connectivity index (χ4n) is 3.02. The first-order valence-corrected chi connectivity index (χ1v) is 9.33. The van der Waals surface area contributed by atoms with Gasteiger partial charge in [-0.25, -0.2) is 4.79 Å². The molecular weight excluding hydrogens is 390 g/mol. The molecule has 156 valence electrons. The number of nitrogens with zero attached hydrogens (tertiary/aromatic N) is 3. The van der Waals surface area contributed by atoms with E-state index in [1.165, 1.54) is 36.4 Å². The lowest BCUT2D eigenvalue weighted by Crippen LogP contribution is -2.49. The molecule has 0 aliphatic carbocycles. The van der Waals surface area contributed by atoms with E-state index >= 15 is 0 Å². The Hall–Kier alpha value is -3.88. The number of benzene rings is 2. The predicted octanol–water partition coefficient (Wildman–Crippen LogP) is 2.21. The van der Waals surface area contributed by atoms with Gasteiger partial charge in [-0.15, -0.1) is 0 Å². The first-order chi connectivity index (χ1) is 14.4. The summed E-state index contributed by atoms with van der Waals surface area (Å²) in [6.45, 7) is 1.76. The standard InChI is InChI=1S/C21H21N3O6/c25-19-8-1-16(2-9-19)3-10-21(27)30-15-20(26)23-13-11-22(12-14-23)17-4-6-18(7-5-17)24(28)29/h1-10,25H,11-15H2. The van der Waals surface area contributed by atoms with Crippen molar-refractivity contribution < 1.29 is 24.4 Å². The number of nitro benzene ring substituents is 1. The van der Waals surface area contributed by atoms with Gasteiger partial charge in [0, 0.05) is 50.1 Å². The molecule has 1 aliphatic rings. The molecule has 2 aromatic rings. The van der Waals surface area contributed by atoms with Gasteiger partial charge in [0.1, 0.15) is 5.75 Å². The number of ether oxygens (including phenoxy) is 1. The fourth-order valence-corrected chi connectivity index (χ4v) is 3.02. The minimum Gasteiger partial charge on any atom is -0.508 e. The lowest BCUT2D eigenvalue weighted by Gasteiger charge is -2.36. The SMILES string of the molecule is O=C(C=Cc1ccc(O)cc1)OCC(=O)N1CCN(c2ccc([N+](=O)[O-])cc2)CC1. The smallest absolute Gasteiger partial charge is 0.331 e. The van der Waals surface area contributed by atoms with E-state index < -0.39 is 10.9 Å². The van der Waals surface area contributed by atoms with Crippen LogP contribution < -0.4 is 4.90 Å². The maximum atomic E-state index is 12.3. The molecular formula is C21H21N3O6. The normalized spacial score (nSPS) is 14.0. The fraction of sp³-hybridized carbons (Fsp3) is 0.238. The molecule has 0 saturated carbocycles. The van der Waals surface area contributed by atoms with Crippen LogP contribution in [0.1, 0.15) is 5.56 Å². The highest BCUT2D eigenvalue weighted by atomic mass is 16.6. The second kappa shape index (κ2) is 9.55. The third-order valence-electron chi connectivity index (χ3n) is 4.70. The molecule has 0 atom stereocenters. The number of esters is 1. The highest BCUT2D eigenvalue weighted by Gasteiger charge is 2.22. The van der Waals surface area contributed by atoms with Crippen molar-refractivity contribution in [1.29, 1.82) is 0 Å². The first-order valence-electron chi connectivity index (χ1n) is 9.33. The van der Waals surface area contributed by atoms with Crippen LogP contribution in [0.5, 0.6) is 5.75 Å². The van der Waals surface area contributed by atoms with Gasteiger partial charge in [0.05, 0.1) is 4.92 Å². The Morgan fingerprint density at radius 1 is 1.03 bits per heavy atom. The number of piperazine rings is 1. The topological polar surface area (TPSA) is 113 Å². The molecule has 0 radical (unpaired) electrons. The molecule has 1 N–H and O–H groups in total. The van der Waals surface area contributed by atoms with Crippen LogP contribution in [-0.4, -0.2) is 59.6 Å². The number of carbonyl (C=O) groups excluding carboxylic acids is 2. The Labute approximate surface area is 172 Å². The van der Waals surface area contributed by atoms with E-state index in [0.717, 1.165) is 11.3 Å². The van der Waals surface area contributed by atoms with Crippen molar-refractivity contribution in [2.24, 2.45) is 0 Å². The van der Waals surface area contributed by atoms with E-state index in [4.69, 9.17) is 4.74 Å². The number of aromatic hydroxyl groups is 1. The van der Waals surface area contributed by atoms with Gasteiger partial charge in [0.2, 0.25) is 0 Å². The quantitative estimate of drug-likeness (QED) is 0.335. The Morgan fingerprint density at radius 2 is 1.67 bits per heavy atom. The zero-order valence-corrected chi connectivity index (χ0v) is 16.1. The zero-order chi connectivity index (χ0) is 21.5. The summed E-state index contributed by atoms with van der Waals surface area (Å²) in [6.07, 6.45) is 2.77. The lowest BCUT2D eigenvalue weighted by atomic mass is 10.2. The molecule has 1 heterocycles. The van der Waals surface area contributed by atoms with Crippen molar-refractivity contribution >= 4 is 29.3 Å². The molecule has 1 aliphatic heterocycles. The van der Waals surface area contributed by atoms with E-state index in [1.54, 1.807) is 29.2 Å². The monoisotopic (exact) mass is 411 g/mol. The van der Waals surface area contributed by atoms with Crippen molar-refractivity contribution in [2.45, 2.75) is 0 Å². The number of anilines is 1. The van der Waals surface area contributed by atoms with E-state index in [1.807, 2.05) is 4.90 Å². The van der Waals surface area contributed by atoms with Crippen LogP contribution in [0.25, 0.3) is 6.08 Å². The number of rotatable bonds is 6. The minimum absolute atomic E-state index is 0.0360. The number of phenols is 1. The van der Waals surface area contributed by atoms with Crippen molar-refractivity contribution in [3.8, 4) is 5.75 Å². The molecule has 9 nitrogen and oxygen atoms in total. The Bertz CT molecular complexity index is 932. The summed E-state index contributed by atoms with van der Waals surface area (Å²) in [4.78, 5) is 38.0. The predicted molar refractivity (Wildman–Crippen MR) is 110 cm³/mol. The van der Waals surface area contributed by atoms with Crippen LogP contribution in [0.2, 0.25) is 0 Å². The largest absolute Gasteiger partial charge is 0.508 e. The molecule has 1 fully saturated rings. The van der Waals surface area contributed by atoms with Gasteiger partial charge in [-0.1, -0.05) is 12.1 Å². The maximum Gasteiger partial charge on any atom is 0.331 e. The Morgan fingerprint density at radius 3 is 2.27 bits per heavy atom. The van der Waals surface area contributed by atoms with Gasteiger partial charge in [-0.3, -0.25) is 14.9 Å². The number of hydrogen-bond acceptors (Lipinski definition) is 7. The molecule has 9 heteroatoms. The van der Waals surface area contributed by atoms with Gasteiger partial charge >= 0.3 is 5.97 Å². The van der Waals surface area contributed by atoms with Crippen molar-refractivity contribution in [3.63, 3.8) is 0 Å². The highest BCUT2D eigenvalue weighted by molar-refractivity contribution is 5.89. The first kappa shape index (κ1) is 20.8. The number of phenolic OH excluding ortho intramolecular Hbond substituents is 1. The summed E-state index contributed by atoms with van der Waals surface area (Å²) in [6, 6.07) is 12.6. The van der Waals surface area contributed by atoms with Gasteiger partial charge in [-0.2, -0.15) is 0 Å². The minimum atomic E-state index is -0.624. The van der Waals surface area contributed by atoms with Crippen molar-refractivity contribution in [3.05, 3.63) is 70.3 Å². The van der Waals surface area contributed by atoms with Gasteiger partial charge in [0.25, 0.3) is 11.6 Å². The average molecular weight is 411 g/mol. The van der Waals surface area contributed by atoms with Gasteiger partial charge in [-0.05, 0) is 35.9 Å². The van der Waals surface area contributed by atoms with E-state index in [0.29, 0.717) is 26.2 Å². The molecule has 0 aromatic heterocycles. The maximum absolute atomic E-state index is 12.3. The molecule has 30 heavy (non-hydrogen) atoms. The molecule has 0 bridgehead atoms. The van der Waals surface area contributed by atoms with Crippen LogP contribution in [0.3, 0.4) is 0 Å². The summed E-state index contributed by atoms with van der Waals surface area (Å²) in [7, 11) is 0. The number of non-ortho nitro benzene ring substituents is 1. The van der Waals surface area contributed by atoms with E-state index in [2.05, 4.69) is 0 Å². The van der Waals surface area contributed by atoms with Crippen molar-refractivity contribution in [1.82, 2.24) is 4.90 Å². The number of amides is 1. The summed E-state index contributed by atoms with van der Waals surface area (Å²) in [5, 5.41) is 20.0. The Kier molecular flexibility index (Phi) is 6.63. The summed E-state index contributed by atoms with van der Waals surface area (Å²) >= 11 is 0. The van der Waals surface area contributed by atoms with Crippen LogP contribution in [0.15, 0.2) is 54.6 Å². The second-order valence-corrected chi connectivity index (χ2v) is 6.67. The molecule has 2 aromatic carbocycles. The number of nitro groups is 1. The third kappa shape index (κ3) is 5.57. The zero-order valence-electron chi connectivity index (χ0n) is 16.1. The van der Waals surface area contributed by atoms with Gasteiger partial charge < -0.3 is 19.6 Å². The van der Waals surface area contributed by atoms with E-state index in [9.17, 15) is 24.8 Å². The summed E-state index contributed by atoms with van der Waals surface area (Å²) in [5.41, 5.74) is 1.62. The molecule has 1 amide bonds. The molecule has 3 rings (SSSR count). The summed E-state index contributed by atoms with van der Waals surface area (Å²) < 4.78 is 5.01. The number of hydrogen-bond donors (Lipinski definition) is 1. The van der Waals surface area contributed by atoms with Crippen LogP contribution in [-0.2, 0) is 14.3 Å². The molecule has 1 saturated heterocycles. The number of carbonyl (C=O) groups is 2. The van der Waals surface area contributed by atoms with Crippen LogP contribution in [0, 0.1) is 10.1 Å². The second-order valence-electron chi connectivity index (χ2n) is 6.67. The lowest BCUT2D eigenvalue weighted by molar-refractivity contribution is -0.384. The van der Waals surface area contributed by atoms with Gasteiger partial charge in [0.15, 0.2) is 6.61 Å². The third-order valence-corrected chi connectivity index (χ3v) is 4.70. The molecule has 0 spiro atoms. The van der Waals surface area contributed by atoms with Crippen molar-refractivity contribution in [2.75, 3.05) is 37.7 Å². The van der Waals surface area contributed by atoms with E-state index in [-0.39, 0.29) is 24.0 Å². The average Bonchev–Trinajstić information content (AvgIpc) is 2.77. The summed E-state index contributed by atoms with van der Waals surface area (Å²) in [5.74, 6) is -0.764. The Balaban J connectivity index is 1.43. The van der Waals surface area contributed by atoms with Crippen LogP contribution >= 0.6 is 0 Å². The molecule has 0 unspecified atom stereocenters.